The van der Waals surface area contributed by atoms with Crippen LogP contribution in [0.3, 0.4) is 0 Å². The number of hydrogen-bond donors (Lipinski definition) is 6. The van der Waals surface area contributed by atoms with E-state index in [1.807, 2.05) is 0 Å². The molecule has 0 spiro atoms. The van der Waals surface area contributed by atoms with Crippen LogP contribution in [0.1, 0.15) is 200 Å². The summed E-state index contributed by atoms with van der Waals surface area (Å²) in [7, 11) is 0. The highest BCUT2D eigenvalue weighted by molar-refractivity contribution is 5.77. The van der Waals surface area contributed by atoms with Crippen LogP contribution in [-0.2, 0) is 4.79 Å². The molecule has 0 aliphatic heterocycles. The number of amides is 1. The highest BCUT2D eigenvalue weighted by atomic mass is 16.3. The molecule has 280 valence electrons. The third-order valence-corrected chi connectivity index (χ3v) is 9.53. The Bertz CT molecular complexity index is 690. The van der Waals surface area contributed by atoms with Crippen molar-refractivity contribution in [3.05, 3.63) is 12.2 Å². The third-order valence-electron chi connectivity index (χ3n) is 9.53. The van der Waals surface area contributed by atoms with Crippen molar-refractivity contribution in [1.29, 1.82) is 0 Å². The van der Waals surface area contributed by atoms with E-state index in [1.54, 1.807) is 0 Å². The minimum Gasteiger partial charge on any atom is -0.394 e. The number of aliphatic hydroxyl groups excluding tert-OH is 5. The number of carbonyl (C=O) groups is 1. The average molecular weight is 670 g/mol. The number of carbonyl (C=O) groups excluding carboxylic acids is 1. The molecular weight excluding hydrogens is 590 g/mol. The predicted molar refractivity (Wildman–Crippen MR) is 197 cm³/mol. The molecule has 0 aliphatic rings. The van der Waals surface area contributed by atoms with Gasteiger partial charge in [0, 0.05) is 0 Å². The van der Waals surface area contributed by atoms with E-state index in [4.69, 9.17) is 0 Å². The van der Waals surface area contributed by atoms with Crippen LogP contribution in [0, 0.1) is 0 Å². The first-order valence-electron chi connectivity index (χ1n) is 20.2. The quantitative estimate of drug-likeness (QED) is 0.0292. The first-order valence-corrected chi connectivity index (χ1v) is 20.2. The zero-order chi connectivity index (χ0) is 34.8. The predicted octanol–water partition coefficient (Wildman–Crippen LogP) is 8.82. The maximum atomic E-state index is 12.4. The van der Waals surface area contributed by atoms with Crippen molar-refractivity contribution in [3.63, 3.8) is 0 Å². The molecule has 0 unspecified atom stereocenters. The molecular formula is C40H79NO6. The average Bonchev–Trinajstić information content (AvgIpc) is 3.06. The normalized spacial score (nSPS) is 15.1. The molecule has 1 amide bonds. The molecule has 7 heteroatoms. The summed E-state index contributed by atoms with van der Waals surface area (Å²) in [5, 5.41) is 53.4. The Hall–Kier alpha value is -0.990. The van der Waals surface area contributed by atoms with Gasteiger partial charge in [-0.05, 0) is 12.8 Å². The molecule has 0 aromatic carbocycles. The number of aliphatic hydroxyl groups is 5. The number of hydrogen-bond acceptors (Lipinski definition) is 6. The molecule has 6 N–H and O–H groups in total. The second kappa shape index (κ2) is 34.9. The van der Waals surface area contributed by atoms with Crippen LogP contribution in [0.2, 0.25) is 0 Å². The molecule has 0 saturated carbocycles. The summed E-state index contributed by atoms with van der Waals surface area (Å²) in [6.45, 7) is 3.99. The van der Waals surface area contributed by atoms with Gasteiger partial charge in [0.15, 0.2) is 0 Å². The van der Waals surface area contributed by atoms with E-state index < -0.39 is 43.0 Å². The van der Waals surface area contributed by atoms with Crippen LogP contribution in [0.25, 0.3) is 0 Å². The molecule has 0 bridgehead atoms. The van der Waals surface area contributed by atoms with Crippen LogP contribution in [0.4, 0.5) is 0 Å². The fraction of sp³-hybridized carbons (Fsp3) is 0.925. The summed E-state index contributed by atoms with van der Waals surface area (Å²) in [6.07, 6.45) is 32.5. The first kappa shape index (κ1) is 46.0. The van der Waals surface area contributed by atoms with Gasteiger partial charge in [-0.3, -0.25) is 4.79 Å². The molecule has 5 atom stereocenters. The monoisotopic (exact) mass is 670 g/mol. The Morgan fingerprint density at radius 3 is 1.26 bits per heavy atom. The van der Waals surface area contributed by atoms with E-state index in [0.717, 1.165) is 38.5 Å². The Morgan fingerprint density at radius 1 is 0.511 bits per heavy atom. The third kappa shape index (κ3) is 30.8. The lowest BCUT2D eigenvalue weighted by Crippen LogP contribution is -2.46. The molecule has 0 radical (unpaired) electrons. The van der Waals surface area contributed by atoms with Crippen molar-refractivity contribution in [2.24, 2.45) is 0 Å². The molecule has 0 aromatic heterocycles. The van der Waals surface area contributed by atoms with E-state index >= 15 is 0 Å². The van der Waals surface area contributed by atoms with E-state index in [9.17, 15) is 30.3 Å². The maximum Gasteiger partial charge on any atom is 0.223 e. The van der Waals surface area contributed by atoms with E-state index in [-0.39, 0.29) is 6.42 Å². The van der Waals surface area contributed by atoms with Crippen LogP contribution in [-0.4, -0.2) is 68.5 Å². The van der Waals surface area contributed by atoms with Gasteiger partial charge >= 0.3 is 0 Å². The Balaban J connectivity index is 3.82. The zero-order valence-electron chi connectivity index (χ0n) is 30.9. The summed E-state index contributed by atoms with van der Waals surface area (Å²) in [4.78, 5) is 12.4. The van der Waals surface area contributed by atoms with Crippen molar-refractivity contribution in [3.8, 4) is 0 Å². The van der Waals surface area contributed by atoms with Gasteiger partial charge in [-0.25, -0.2) is 0 Å². The minimum atomic E-state index is -1.19. The van der Waals surface area contributed by atoms with Gasteiger partial charge < -0.3 is 30.8 Å². The summed E-state index contributed by atoms with van der Waals surface area (Å²) in [6, 6.07) is -0.950. The van der Waals surface area contributed by atoms with Gasteiger partial charge in [0.25, 0.3) is 0 Å². The molecule has 0 rings (SSSR count). The van der Waals surface area contributed by atoms with Crippen LogP contribution in [0.15, 0.2) is 12.2 Å². The molecule has 0 aromatic rings. The highest BCUT2D eigenvalue weighted by Gasteiger charge is 2.23. The summed E-state index contributed by atoms with van der Waals surface area (Å²) in [5.41, 5.74) is 0. The Morgan fingerprint density at radius 2 is 0.872 bits per heavy atom. The van der Waals surface area contributed by atoms with Crippen LogP contribution >= 0.6 is 0 Å². The summed E-state index contributed by atoms with van der Waals surface area (Å²) in [5.74, 6) is -0.542. The van der Waals surface area contributed by atoms with Crippen molar-refractivity contribution in [1.82, 2.24) is 5.32 Å². The van der Waals surface area contributed by atoms with Gasteiger partial charge in [0.1, 0.15) is 0 Å². The van der Waals surface area contributed by atoms with Crippen LogP contribution in [0.5, 0.6) is 0 Å². The Labute approximate surface area is 290 Å². The second-order valence-corrected chi connectivity index (χ2v) is 14.2. The summed E-state index contributed by atoms with van der Waals surface area (Å²) < 4.78 is 0. The van der Waals surface area contributed by atoms with Gasteiger partial charge in [-0.15, -0.1) is 0 Å². The maximum absolute atomic E-state index is 12.4. The summed E-state index contributed by atoms with van der Waals surface area (Å²) >= 11 is 0. The molecule has 0 fully saturated rings. The van der Waals surface area contributed by atoms with Crippen molar-refractivity contribution >= 4 is 5.91 Å². The lowest BCUT2D eigenvalue weighted by Gasteiger charge is -2.22. The largest absolute Gasteiger partial charge is 0.394 e. The molecule has 0 aliphatic carbocycles. The first-order chi connectivity index (χ1) is 22.8. The zero-order valence-corrected chi connectivity index (χ0v) is 30.9. The lowest BCUT2D eigenvalue weighted by atomic mass is 10.0. The smallest absolute Gasteiger partial charge is 0.223 e. The van der Waals surface area contributed by atoms with E-state index in [0.29, 0.717) is 12.8 Å². The number of nitrogens with one attached hydrogen (secondary N) is 1. The van der Waals surface area contributed by atoms with Gasteiger partial charge in [0.05, 0.1) is 43.5 Å². The van der Waals surface area contributed by atoms with E-state index in [2.05, 4.69) is 19.2 Å². The van der Waals surface area contributed by atoms with Gasteiger partial charge in [-0.1, -0.05) is 193 Å². The van der Waals surface area contributed by atoms with Crippen molar-refractivity contribution in [2.75, 3.05) is 6.61 Å². The lowest BCUT2D eigenvalue weighted by molar-refractivity contribution is -0.126. The second-order valence-electron chi connectivity index (χ2n) is 14.2. The van der Waals surface area contributed by atoms with Crippen molar-refractivity contribution in [2.45, 2.75) is 231 Å². The number of unbranched alkanes of at least 4 members (excludes halogenated alkanes) is 24. The minimum absolute atomic E-state index is 0.298. The van der Waals surface area contributed by atoms with Gasteiger partial charge in [0.2, 0.25) is 5.91 Å². The number of rotatable bonds is 36. The highest BCUT2D eigenvalue weighted by Crippen LogP contribution is 2.16. The van der Waals surface area contributed by atoms with Crippen molar-refractivity contribution < 1.29 is 30.3 Å². The Kier molecular flexibility index (Phi) is 34.1. The molecule has 0 saturated heterocycles. The fourth-order valence-electron chi connectivity index (χ4n) is 6.24. The molecule has 47 heavy (non-hydrogen) atoms. The van der Waals surface area contributed by atoms with E-state index in [1.165, 1.54) is 141 Å². The van der Waals surface area contributed by atoms with Crippen LogP contribution < -0.4 is 5.32 Å². The fourth-order valence-corrected chi connectivity index (χ4v) is 6.24. The SMILES string of the molecule is CCCCCCCCCCCCCCCCCCCCC[C@H](O)[C@@H](O)CC(=O)N[C@H](CO)[C@@H](O)/C=C/[C@H](O)CCCCCCCCC. The topological polar surface area (TPSA) is 130 Å². The molecule has 7 nitrogen and oxygen atoms in total. The molecule has 0 heterocycles. The van der Waals surface area contributed by atoms with Gasteiger partial charge in [-0.2, -0.15) is 0 Å². The standard InChI is InChI=1S/C40H79NO6/c1-3-5-7-9-11-12-13-14-15-16-17-18-19-20-21-22-24-26-28-30-38(45)39(46)33-40(47)41-36(34-42)37(44)32-31-35(43)29-27-25-23-10-8-6-4-2/h31-32,35-39,42-46H,3-30,33-34H2,1-2H3,(H,41,47)/b32-31+/t35-,36-,37+,38+,39+/m1/s1.